The van der Waals surface area contributed by atoms with Gasteiger partial charge in [-0.05, 0) is 47.0 Å². The first-order chi connectivity index (χ1) is 7.63. The molecule has 0 saturated heterocycles. The van der Waals surface area contributed by atoms with Gasteiger partial charge in [-0.1, -0.05) is 27.5 Å². The number of amides is 1. The number of hydrogen-bond donors (Lipinski definition) is 1. The second-order valence-electron chi connectivity index (χ2n) is 3.32. The van der Waals surface area contributed by atoms with E-state index in [-0.39, 0.29) is 5.91 Å². The maximum atomic E-state index is 11.5. The van der Waals surface area contributed by atoms with Gasteiger partial charge in [0.2, 0.25) is 5.91 Å². The quantitative estimate of drug-likeness (QED) is 0.596. The number of alkyl halides is 1. The van der Waals surface area contributed by atoms with E-state index in [1.165, 1.54) is 0 Å². The zero-order valence-electron chi connectivity index (χ0n) is 8.60. The van der Waals surface area contributed by atoms with Gasteiger partial charge in [0.15, 0.2) is 0 Å². The lowest BCUT2D eigenvalue weighted by Crippen LogP contribution is -2.11. The average Bonchev–Trinajstić information content (AvgIpc) is 2.24. The maximum absolute atomic E-state index is 11.5. The lowest BCUT2D eigenvalue weighted by molar-refractivity contribution is -0.116. The molecular formula is C11H12Br2ClNO. The van der Waals surface area contributed by atoms with Crippen LogP contribution in [0.15, 0.2) is 22.7 Å². The summed E-state index contributed by atoms with van der Waals surface area (Å²) in [5.74, 6) is 0.0372. The first kappa shape index (κ1) is 14.0. The fourth-order valence-corrected chi connectivity index (χ4v) is 2.07. The third kappa shape index (κ3) is 4.85. The van der Waals surface area contributed by atoms with Crippen molar-refractivity contribution in [3.8, 4) is 0 Å². The molecule has 1 aromatic rings. The van der Waals surface area contributed by atoms with E-state index >= 15 is 0 Å². The molecule has 0 radical (unpaired) electrons. The SMILES string of the molecule is O=C(CCCCBr)Nc1ccc(Cl)c(Br)c1. The molecule has 0 aliphatic carbocycles. The topological polar surface area (TPSA) is 29.1 Å². The van der Waals surface area contributed by atoms with Crippen molar-refractivity contribution in [2.45, 2.75) is 19.3 Å². The summed E-state index contributed by atoms with van der Waals surface area (Å²) in [6, 6.07) is 5.33. The molecule has 1 aromatic carbocycles. The molecule has 0 unspecified atom stereocenters. The van der Waals surface area contributed by atoms with Crippen molar-refractivity contribution in [3.63, 3.8) is 0 Å². The van der Waals surface area contributed by atoms with Gasteiger partial charge in [-0.15, -0.1) is 0 Å². The lowest BCUT2D eigenvalue weighted by Gasteiger charge is -2.05. The summed E-state index contributed by atoms with van der Waals surface area (Å²) >= 11 is 12.5. The van der Waals surface area contributed by atoms with Crippen LogP contribution in [0.4, 0.5) is 5.69 Å². The maximum Gasteiger partial charge on any atom is 0.224 e. The molecule has 0 aromatic heterocycles. The summed E-state index contributed by atoms with van der Waals surface area (Å²) in [6.45, 7) is 0. The Balaban J connectivity index is 2.46. The average molecular weight is 369 g/mol. The second-order valence-corrected chi connectivity index (χ2v) is 5.38. The number of halogens is 3. The normalized spacial score (nSPS) is 10.2. The molecule has 1 amide bonds. The van der Waals surface area contributed by atoms with E-state index in [1.54, 1.807) is 18.2 Å². The van der Waals surface area contributed by atoms with Crippen molar-refractivity contribution in [2.75, 3.05) is 10.6 Å². The van der Waals surface area contributed by atoms with Crippen LogP contribution in [0.25, 0.3) is 0 Å². The first-order valence-corrected chi connectivity index (χ1v) is 7.23. The molecule has 1 rings (SSSR count). The molecule has 0 aliphatic rings. The molecular weight excluding hydrogens is 357 g/mol. The largest absolute Gasteiger partial charge is 0.326 e. The third-order valence-electron chi connectivity index (χ3n) is 1.99. The Labute approximate surface area is 117 Å². The van der Waals surface area contributed by atoms with Crippen molar-refractivity contribution in [1.82, 2.24) is 0 Å². The van der Waals surface area contributed by atoms with E-state index in [4.69, 9.17) is 11.6 Å². The van der Waals surface area contributed by atoms with Gasteiger partial charge in [0, 0.05) is 21.9 Å². The summed E-state index contributed by atoms with van der Waals surface area (Å²) in [4.78, 5) is 11.5. The van der Waals surface area contributed by atoms with Crippen LogP contribution in [-0.4, -0.2) is 11.2 Å². The number of rotatable bonds is 5. The number of anilines is 1. The number of nitrogens with one attached hydrogen (secondary N) is 1. The minimum absolute atomic E-state index is 0.0372. The van der Waals surface area contributed by atoms with Crippen molar-refractivity contribution in [3.05, 3.63) is 27.7 Å². The summed E-state index contributed by atoms with van der Waals surface area (Å²) < 4.78 is 0.785. The van der Waals surface area contributed by atoms with E-state index in [0.717, 1.165) is 28.3 Å². The third-order valence-corrected chi connectivity index (χ3v) is 3.77. The van der Waals surface area contributed by atoms with E-state index < -0.39 is 0 Å². The van der Waals surface area contributed by atoms with Gasteiger partial charge in [-0.3, -0.25) is 4.79 Å². The molecule has 0 aliphatic heterocycles. The van der Waals surface area contributed by atoms with Gasteiger partial charge in [0.05, 0.1) is 5.02 Å². The summed E-state index contributed by atoms with van der Waals surface area (Å²) in [7, 11) is 0. The zero-order valence-corrected chi connectivity index (χ0v) is 12.5. The molecule has 1 N–H and O–H groups in total. The Morgan fingerprint density at radius 1 is 1.38 bits per heavy atom. The van der Waals surface area contributed by atoms with Gasteiger partial charge < -0.3 is 5.32 Å². The molecule has 2 nitrogen and oxygen atoms in total. The molecule has 88 valence electrons. The van der Waals surface area contributed by atoms with E-state index in [1.807, 2.05) is 0 Å². The number of hydrogen-bond acceptors (Lipinski definition) is 1. The van der Waals surface area contributed by atoms with Crippen LogP contribution in [0.2, 0.25) is 5.02 Å². The number of carbonyl (C=O) groups excluding carboxylic acids is 1. The summed E-state index contributed by atoms with van der Waals surface area (Å²) in [5, 5.41) is 4.40. The van der Waals surface area contributed by atoms with Gasteiger partial charge in [-0.25, -0.2) is 0 Å². The van der Waals surface area contributed by atoms with Crippen LogP contribution in [0, 0.1) is 0 Å². The molecule has 5 heteroatoms. The minimum Gasteiger partial charge on any atom is -0.326 e. The van der Waals surface area contributed by atoms with Crippen LogP contribution in [0.1, 0.15) is 19.3 Å². The Kier molecular flexibility index (Phi) is 6.39. The van der Waals surface area contributed by atoms with Gasteiger partial charge >= 0.3 is 0 Å². The summed E-state index contributed by atoms with van der Waals surface area (Å²) in [5.41, 5.74) is 0.764. The van der Waals surface area contributed by atoms with Crippen molar-refractivity contribution in [1.29, 1.82) is 0 Å². The molecule has 0 heterocycles. The van der Waals surface area contributed by atoms with E-state index in [0.29, 0.717) is 11.4 Å². The smallest absolute Gasteiger partial charge is 0.224 e. The Hall–Kier alpha value is -0.0600. The molecule has 16 heavy (non-hydrogen) atoms. The predicted octanol–water partition coefficient (Wildman–Crippen LogP) is 4.61. The van der Waals surface area contributed by atoms with Crippen molar-refractivity contribution < 1.29 is 4.79 Å². The van der Waals surface area contributed by atoms with Crippen molar-refractivity contribution in [2.24, 2.45) is 0 Å². The van der Waals surface area contributed by atoms with Crippen LogP contribution in [-0.2, 0) is 4.79 Å². The number of benzene rings is 1. The predicted molar refractivity (Wildman–Crippen MR) is 75.4 cm³/mol. The number of carbonyl (C=O) groups is 1. The van der Waals surface area contributed by atoms with Gasteiger partial charge in [0.25, 0.3) is 0 Å². The molecule has 0 atom stereocenters. The first-order valence-electron chi connectivity index (χ1n) is 4.94. The highest BCUT2D eigenvalue weighted by Crippen LogP contribution is 2.25. The zero-order chi connectivity index (χ0) is 12.0. The molecule has 0 spiro atoms. The standard InChI is InChI=1S/C11H12Br2ClNO/c12-6-2-1-3-11(16)15-8-4-5-10(14)9(13)7-8/h4-5,7H,1-3,6H2,(H,15,16). The monoisotopic (exact) mass is 367 g/mol. The van der Waals surface area contributed by atoms with Gasteiger partial charge in [-0.2, -0.15) is 0 Å². The molecule has 0 saturated carbocycles. The molecule has 0 fully saturated rings. The fourth-order valence-electron chi connectivity index (χ4n) is 1.18. The number of unbranched alkanes of at least 4 members (excludes halogenated alkanes) is 1. The lowest BCUT2D eigenvalue weighted by atomic mass is 10.2. The van der Waals surface area contributed by atoms with Crippen LogP contribution in [0.3, 0.4) is 0 Å². The Morgan fingerprint density at radius 2 is 2.12 bits per heavy atom. The highest BCUT2D eigenvalue weighted by atomic mass is 79.9. The Morgan fingerprint density at radius 3 is 2.75 bits per heavy atom. The second kappa shape index (κ2) is 7.30. The van der Waals surface area contributed by atoms with Crippen LogP contribution < -0.4 is 5.32 Å². The van der Waals surface area contributed by atoms with E-state index in [2.05, 4.69) is 37.2 Å². The van der Waals surface area contributed by atoms with Crippen LogP contribution in [0.5, 0.6) is 0 Å². The summed E-state index contributed by atoms with van der Waals surface area (Å²) in [6.07, 6.45) is 2.45. The highest BCUT2D eigenvalue weighted by Gasteiger charge is 2.03. The minimum atomic E-state index is 0.0372. The highest BCUT2D eigenvalue weighted by molar-refractivity contribution is 9.10. The molecule has 0 bridgehead atoms. The van der Waals surface area contributed by atoms with Crippen LogP contribution >= 0.6 is 43.5 Å². The fraction of sp³-hybridized carbons (Fsp3) is 0.364. The van der Waals surface area contributed by atoms with Gasteiger partial charge in [0.1, 0.15) is 0 Å². The Bertz CT molecular complexity index is 371. The van der Waals surface area contributed by atoms with Crippen molar-refractivity contribution >= 4 is 55.1 Å². The van der Waals surface area contributed by atoms with E-state index in [9.17, 15) is 4.79 Å².